The molecular formula is C14H15BrF2N2O. The molecule has 2 aliphatic rings. The van der Waals surface area contributed by atoms with Gasteiger partial charge < -0.3 is 10.5 Å². The van der Waals surface area contributed by atoms with Crippen molar-refractivity contribution in [1.82, 2.24) is 0 Å². The quantitative estimate of drug-likeness (QED) is 0.915. The standard InChI is InChI=1S/C14H15BrF2N2O/c1-2-7-3-11(17)8(4-10(7)15)14(6-16)9-5-12(9)20-13(18)19-14/h3-4,9,12H,2,5-6H2,1H3,(H2,18,19)/t9-,12?,14+/m0/s1. The van der Waals surface area contributed by atoms with Gasteiger partial charge in [-0.15, -0.1) is 0 Å². The monoisotopic (exact) mass is 344 g/mol. The molecule has 0 bridgehead atoms. The van der Waals surface area contributed by atoms with E-state index in [-0.39, 0.29) is 23.6 Å². The number of amidine groups is 1. The van der Waals surface area contributed by atoms with E-state index in [2.05, 4.69) is 20.9 Å². The van der Waals surface area contributed by atoms with Gasteiger partial charge in [0.05, 0.1) is 0 Å². The maximum absolute atomic E-state index is 14.4. The van der Waals surface area contributed by atoms with Crippen molar-refractivity contribution in [3.63, 3.8) is 0 Å². The number of halogens is 3. The summed E-state index contributed by atoms with van der Waals surface area (Å²) in [7, 11) is 0. The molecule has 108 valence electrons. The highest BCUT2D eigenvalue weighted by Crippen LogP contribution is 2.53. The molecule has 1 heterocycles. The highest BCUT2D eigenvalue weighted by atomic mass is 79.9. The van der Waals surface area contributed by atoms with E-state index in [1.54, 1.807) is 6.07 Å². The Hall–Kier alpha value is -1.17. The lowest BCUT2D eigenvalue weighted by atomic mass is 9.85. The molecule has 2 N–H and O–H groups in total. The number of ether oxygens (including phenoxy) is 1. The zero-order valence-corrected chi connectivity index (χ0v) is 12.6. The van der Waals surface area contributed by atoms with Crippen LogP contribution in [0.25, 0.3) is 0 Å². The Kier molecular flexibility index (Phi) is 3.23. The van der Waals surface area contributed by atoms with Crippen LogP contribution in [0.4, 0.5) is 8.78 Å². The van der Waals surface area contributed by atoms with Crippen LogP contribution in [-0.4, -0.2) is 18.8 Å². The van der Waals surface area contributed by atoms with Crippen molar-refractivity contribution in [1.29, 1.82) is 0 Å². The molecule has 1 fully saturated rings. The molecule has 3 atom stereocenters. The first-order valence-electron chi connectivity index (χ1n) is 6.58. The number of benzene rings is 1. The van der Waals surface area contributed by atoms with Crippen molar-refractivity contribution in [2.24, 2.45) is 16.6 Å². The van der Waals surface area contributed by atoms with Crippen LogP contribution >= 0.6 is 15.9 Å². The van der Waals surface area contributed by atoms with Gasteiger partial charge >= 0.3 is 0 Å². The molecule has 0 spiro atoms. The number of nitrogens with zero attached hydrogens (tertiary/aromatic N) is 1. The summed E-state index contributed by atoms with van der Waals surface area (Å²) in [6.07, 6.45) is 1.20. The zero-order valence-electron chi connectivity index (χ0n) is 11.0. The Morgan fingerprint density at radius 3 is 2.95 bits per heavy atom. The fourth-order valence-corrected chi connectivity index (χ4v) is 3.54. The molecule has 1 aliphatic carbocycles. The summed E-state index contributed by atoms with van der Waals surface area (Å²) >= 11 is 3.41. The van der Waals surface area contributed by atoms with E-state index in [1.807, 2.05) is 6.92 Å². The lowest BCUT2D eigenvalue weighted by Gasteiger charge is -2.31. The molecular weight excluding hydrogens is 330 g/mol. The predicted octanol–water partition coefficient (Wildman–Crippen LogP) is 3.05. The van der Waals surface area contributed by atoms with Gasteiger partial charge in [-0.3, -0.25) is 0 Å². The molecule has 3 rings (SSSR count). The Labute approximate surface area is 124 Å². The van der Waals surface area contributed by atoms with Gasteiger partial charge in [0.15, 0.2) is 0 Å². The van der Waals surface area contributed by atoms with Crippen LogP contribution in [0, 0.1) is 11.7 Å². The highest BCUT2D eigenvalue weighted by molar-refractivity contribution is 9.10. The third-order valence-corrected chi connectivity index (χ3v) is 4.85. The number of aryl methyl sites for hydroxylation is 1. The van der Waals surface area contributed by atoms with E-state index in [9.17, 15) is 8.78 Å². The van der Waals surface area contributed by atoms with Crippen molar-refractivity contribution >= 4 is 22.0 Å². The van der Waals surface area contributed by atoms with Crippen LogP contribution in [0.15, 0.2) is 21.6 Å². The van der Waals surface area contributed by atoms with Crippen LogP contribution in [0.1, 0.15) is 24.5 Å². The second-order valence-electron chi connectivity index (χ2n) is 5.28. The van der Waals surface area contributed by atoms with E-state index in [1.165, 1.54) is 6.07 Å². The summed E-state index contributed by atoms with van der Waals surface area (Å²) in [5.41, 5.74) is 5.46. The second-order valence-corrected chi connectivity index (χ2v) is 6.14. The number of nitrogens with two attached hydrogens (primary N) is 1. The van der Waals surface area contributed by atoms with E-state index in [0.29, 0.717) is 12.8 Å². The molecule has 6 heteroatoms. The molecule has 0 radical (unpaired) electrons. The lowest BCUT2D eigenvalue weighted by molar-refractivity contribution is 0.168. The van der Waals surface area contributed by atoms with Crippen LogP contribution < -0.4 is 5.73 Å². The number of rotatable bonds is 3. The number of hydrogen-bond acceptors (Lipinski definition) is 3. The van der Waals surface area contributed by atoms with Crippen molar-refractivity contribution in [3.8, 4) is 0 Å². The van der Waals surface area contributed by atoms with Crippen molar-refractivity contribution in [2.75, 3.05) is 6.67 Å². The molecule has 20 heavy (non-hydrogen) atoms. The summed E-state index contributed by atoms with van der Waals surface area (Å²) in [6, 6.07) is 3.01. The largest absolute Gasteiger partial charge is 0.462 e. The predicted molar refractivity (Wildman–Crippen MR) is 75.7 cm³/mol. The van der Waals surface area contributed by atoms with Gasteiger partial charge in [-0.25, -0.2) is 13.8 Å². The smallest absolute Gasteiger partial charge is 0.283 e. The third-order valence-electron chi connectivity index (χ3n) is 4.11. The van der Waals surface area contributed by atoms with Gasteiger partial charge in [0.25, 0.3) is 6.02 Å². The number of alkyl halides is 1. The van der Waals surface area contributed by atoms with E-state index in [4.69, 9.17) is 10.5 Å². The molecule has 3 nitrogen and oxygen atoms in total. The molecule has 1 unspecified atom stereocenters. The Bertz CT molecular complexity index is 593. The topological polar surface area (TPSA) is 47.6 Å². The average Bonchev–Trinajstić information content (AvgIpc) is 3.19. The second kappa shape index (κ2) is 4.69. The van der Waals surface area contributed by atoms with Crippen molar-refractivity contribution in [2.45, 2.75) is 31.4 Å². The van der Waals surface area contributed by atoms with Gasteiger partial charge in [0.1, 0.15) is 24.1 Å². The summed E-state index contributed by atoms with van der Waals surface area (Å²) in [6.45, 7) is 1.15. The minimum atomic E-state index is -1.24. The van der Waals surface area contributed by atoms with Gasteiger partial charge in [-0.05, 0) is 30.5 Å². The van der Waals surface area contributed by atoms with Crippen LogP contribution in [0.5, 0.6) is 0 Å². The SMILES string of the molecule is CCc1cc(F)c([C@@]2(CF)N=C(N)OC3C[C@@H]32)cc1Br. The molecule has 1 aromatic rings. The first-order chi connectivity index (χ1) is 9.51. The molecule has 0 aromatic heterocycles. The fraction of sp³-hybridized carbons (Fsp3) is 0.500. The molecule has 0 saturated heterocycles. The van der Waals surface area contributed by atoms with Crippen LogP contribution in [-0.2, 0) is 16.7 Å². The fourth-order valence-electron chi connectivity index (χ4n) is 2.92. The summed E-state index contributed by atoms with van der Waals surface area (Å²) in [5, 5.41) is 0. The van der Waals surface area contributed by atoms with E-state index in [0.717, 1.165) is 10.0 Å². The molecule has 1 saturated carbocycles. The maximum Gasteiger partial charge on any atom is 0.283 e. The third kappa shape index (κ3) is 1.92. The highest BCUT2D eigenvalue weighted by Gasteiger charge is 2.60. The van der Waals surface area contributed by atoms with Crippen LogP contribution in [0.2, 0.25) is 0 Å². The minimum Gasteiger partial charge on any atom is -0.462 e. The molecule has 1 aromatic carbocycles. The molecule has 0 amide bonds. The number of hydrogen-bond donors (Lipinski definition) is 1. The zero-order chi connectivity index (χ0) is 14.5. The first kappa shape index (κ1) is 13.8. The molecule has 1 aliphatic heterocycles. The summed E-state index contributed by atoms with van der Waals surface area (Å²) in [5.74, 6) is -0.583. The maximum atomic E-state index is 14.4. The van der Waals surface area contributed by atoms with Crippen molar-refractivity contribution in [3.05, 3.63) is 33.5 Å². The van der Waals surface area contributed by atoms with Gasteiger partial charge in [-0.2, -0.15) is 0 Å². The summed E-state index contributed by atoms with van der Waals surface area (Å²) < 4.78 is 34.2. The Balaban J connectivity index is 2.15. The van der Waals surface area contributed by atoms with E-state index < -0.39 is 18.0 Å². The van der Waals surface area contributed by atoms with Gasteiger partial charge in [-0.1, -0.05) is 22.9 Å². The van der Waals surface area contributed by atoms with E-state index >= 15 is 0 Å². The van der Waals surface area contributed by atoms with Gasteiger partial charge in [0.2, 0.25) is 0 Å². The number of fused-ring (bicyclic) bond motifs is 1. The first-order valence-corrected chi connectivity index (χ1v) is 7.37. The lowest BCUT2D eigenvalue weighted by Crippen LogP contribution is -2.39. The Morgan fingerprint density at radius 2 is 2.30 bits per heavy atom. The van der Waals surface area contributed by atoms with Gasteiger partial charge in [0, 0.05) is 16.0 Å². The average molecular weight is 345 g/mol. The summed E-state index contributed by atoms with van der Waals surface area (Å²) in [4.78, 5) is 4.12. The Morgan fingerprint density at radius 1 is 1.55 bits per heavy atom. The normalized spacial score (nSPS) is 31.3. The van der Waals surface area contributed by atoms with Crippen LogP contribution in [0.3, 0.4) is 0 Å². The van der Waals surface area contributed by atoms with Crippen molar-refractivity contribution < 1.29 is 13.5 Å². The number of aliphatic imine (C=N–C) groups is 1. The minimum absolute atomic E-state index is 0.0588.